The number of carbonyl (C=O) groups excluding carboxylic acids is 3. The zero-order valence-electron chi connectivity index (χ0n) is 23.3. The summed E-state index contributed by atoms with van der Waals surface area (Å²) in [4.78, 5) is 38.7. The summed E-state index contributed by atoms with van der Waals surface area (Å²) in [5.41, 5.74) is 3.39. The van der Waals surface area contributed by atoms with Crippen molar-refractivity contribution in [1.82, 2.24) is 4.90 Å². The van der Waals surface area contributed by atoms with Crippen molar-refractivity contribution in [3.63, 3.8) is 0 Å². The van der Waals surface area contributed by atoms with Crippen LogP contribution in [0.3, 0.4) is 0 Å². The topological polar surface area (TPSA) is 91.4 Å². The van der Waals surface area contributed by atoms with Crippen LogP contribution in [0.4, 0.5) is 0 Å². The SMILES string of the molecule is COC(=O)C(CCC=CC[C@H]1[C@@H](OCc2ccc(-c3ccccc3)cc2)CC(=O)[C@@H]1N1CCOCC1)OC(C)=O. The molecule has 0 amide bonds. The Morgan fingerprint density at radius 2 is 1.73 bits per heavy atom. The van der Waals surface area contributed by atoms with Crippen molar-refractivity contribution in [2.75, 3.05) is 33.4 Å². The number of hydrogen-bond acceptors (Lipinski definition) is 8. The van der Waals surface area contributed by atoms with Gasteiger partial charge in [0.1, 0.15) is 0 Å². The van der Waals surface area contributed by atoms with Crippen LogP contribution in [0.25, 0.3) is 11.1 Å². The van der Waals surface area contributed by atoms with E-state index in [2.05, 4.69) is 41.3 Å². The van der Waals surface area contributed by atoms with E-state index in [1.165, 1.54) is 19.6 Å². The van der Waals surface area contributed by atoms with Gasteiger partial charge < -0.3 is 18.9 Å². The van der Waals surface area contributed by atoms with Crippen molar-refractivity contribution in [3.8, 4) is 11.1 Å². The first-order chi connectivity index (χ1) is 19.5. The summed E-state index contributed by atoms with van der Waals surface area (Å²) >= 11 is 0. The Morgan fingerprint density at radius 1 is 1.02 bits per heavy atom. The Labute approximate surface area is 236 Å². The standard InChI is InChI=1S/C32H39NO7/c1-23(34)40-29(32(36)37-2)12-8-4-7-11-27-30(21-28(35)31(27)33-17-19-38-20-18-33)39-22-24-13-15-26(16-14-24)25-9-5-3-6-10-25/h3-7,9-10,13-16,27,29-31H,8,11-12,17-22H2,1-2H3/t27-,29?,30-,31+/m0/s1. The largest absolute Gasteiger partial charge is 0.466 e. The number of rotatable bonds is 12. The van der Waals surface area contributed by atoms with E-state index >= 15 is 0 Å². The van der Waals surface area contributed by atoms with Crippen molar-refractivity contribution in [1.29, 1.82) is 0 Å². The van der Waals surface area contributed by atoms with Gasteiger partial charge in [-0.05, 0) is 36.0 Å². The summed E-state index contributed by atoms with van der Waals surface area (Å²) in [5.74, 6) is -0.866. The van der Waals surface area contributed by atoms with Crippen molar-refractivity contribution in [2.45, 2.75) is 57.5 Å². The zero-order valence-corrected chi connectivity index (χ0v) is 23.3. The van der Waals surface area contributed by atoms with Gasteiger partial charge in [-0.3, -0.25) is 14.5 Å². The van der Waals surface area contributed by atoms with Crippen LogP contribution in [0, 0.1) is 5.92 Å². The molecule has 1 saturated heterocycles. The highest BCUT2D eigenvalue weighted by atomic mass is 16.6. The molecule has 40 heavy (non-hydrogen) atoms. The number of nitrogens with zero attached hydrogens (tertiary/aromatic N) is 1. The highest BCUT2D eigenvalue weighted by Gasteiger charge is 2.45. The predicted octanol–water partition coefficient (Wildman–Crippen LogP) is 4.36. The number of ether oxygens (including phenoxy) is 4. The van der Waals surface area contributed by atoms with Gasteiger partial charge in [-0.25, -0.2) is 4.79 Å². The highest BCUT2D eigenvalue weighted by Crippen LogP contribution is 2.34. The molecule has 0 spiro atoms. The highest BCUT2D eigenvalue weighted by molar-refractivity contribution is 5.87. The first kappa shape index (κ1) is 29.6. The molecule has 2 aliphatic rings. The molecule has 2 fully saturated rings. The lowest BCUT2D eigenvalue weighted by atomic mass is 9.95. The maximum absolute atomic E-state index is 13.2. The average Bonchev–Trinajstić information content (AvgIpc) is 3.30. The second kappa shape index (κ2) is 14.9. The molecule has 1 aliphatic carbocycles. The molecular weight excluding hydrogens is 510 g/mol. The van der Waals surface area contributed by atoms with Crippen LogP contribution in [0.5, 0.6) is 0 Å². The predicted molar refractivity (Wildman–Crippen MR) is 150 cm³/mol. The van der Waals surface area contributed by atoms with Crippen LogP contribution in [-0.4, -0.2) is 74.3 Å². The molecule has 1 aliphatic heterocycles. The molecule has 2 aromatic carbocycles. The van der Waals surface area contributed by atoms with Crippen LogP contribution < -0.4 is 0 Å². The Morgan fingerprint density at radius 3 is 2.40 bits per heavy atom. The average molecular weight is 550 g/mol. The van der Waals surface area contributed by atoms with Crippen LogP contribution in [0.2, 0.25) is 0 Å². The molecule has 0 aromatic heterocycles. The number of ketones is 1. The Kier molecular flexibility index (Phi) is 11.0. The minimum absolute atomic E-state index is 0.00955. The molecule has 0 N–H and O–H groups in total. The lowest BCUT2D eigenvalue weighted by Gasteiger charge is -2.35. The summed E-state index contributed by atoms with van der Waals surface area (Å²) in [6, 6.07) is 18.4. The molecule has 8 heteroatoms. The summed E-state index contributed by atoms with van der Waals surface area (Å²) in [5, 5.41) is 0. The van der Waals surface area contributed by atoms with E-state index in [1.54, 1.807) is 0 Å². The van der Waals surface area contributed by atoms with E-state index in [1.807, 2.05) is 30.4 Å². The number of methoxy groups -OCH3 is 1. The van der Waals surface area contributed by atoms with E-state index < -0.39 is 18.0 Å². The lowest BCUT2D eigenvalue weighted by molar-refractivity contribution is -0.165. The molecule has 4 atom stereocenters. The maximum atomic E-state index is 13.2. The zero-order chi connectivity index (χ0) is 28.3. The second-order valence-corrected chi connectivity index (χ2v) is 10.2. The minimum Gasteiger partial charge on any atom is -0.466 e. The van der Waals surface area contributed by atoms with Gasteiger partial charge in [-0.2, -0.15) is 0 Å². The second-order valence-electron chi connectivity index (χ2n) is 10.2. The molecule has 1 heterocycles. The van der Waals surface area contributed by atoms with Crippen LogP contribution in [0.15, 0.2) is 66.7 Å². The molecule has 2 aromatic rings. The summed E-state index contributed by atoms with van der Waals surface area (Å²) in [6.07, 6.45) is 4.82. The number of allylic oxidation sites excluding steroid dienone is 2. The van der Waals surface area contributed by atoms with E-state index in [-0.39, 0.29) is 23.8 Å². The van der Waals surface area contributed by atoms with Gasteiger partial charge in [0.2, 0.25) is 0 Å². The number of morpholine rings is 1. The fraction of sp³-hybridized carbons (Fsp3) is 0.469. The van der Waals surface area contributed by atoms with Crippen LogP contribution in [0.1, 0.15) is 38.2 Å². The van der Waals surface area contributed by atoms with E-state index in [0.29, 0.717) is 45.5 Å². The molecule has 214 valence electrons. The number of benzene rings is 2. The fourth-order valence-corrected chi connectivity index (χ4v) is 5.51. The van der Waals surface area contributed by atoms with Crippen molar-refractivity contribution in [2.24, 2.45) is 5.92 Å². The minimum atomic E-state index is -0.925. The van der Waals surface area contributed by atoms with E-state index in [9.17, 15) is 14.4 Å². The Balaban J connectivity index is 1.38. The maximum Gasteiger partial charge on any atom is 0.347 e. The molecule has 1 saturated carbocycles. The number of Topliss-reactive ketones (excluding diaryl/α,β-unsaturated/α-hetero) is 1. The molecule has 4 rings (SSSR count). The van der Waals surface area contributed by atoms with Gasteiger partial charge in [-0.1, -0.05) is 66.7 Å². The summed E-state index contributed by atoms with van der Waals surface area (Å²) in [6.45, 7) is 4.41. The third-order valence-corrected chi connectivity index (χ3v) is 7.52. The number of esters is 2. The molecule has 0 radical (unpaired) electrons. The van der Waals surface area contributed by atoms with Gasteiger partial charge in [0, 0.05) is 32.4 Å². The lowest BCUT2D eigenvalue weighted by Crippen LogP contribution is -2.49. The van der Waals surface area contributed by atoms with Gasteiger partial charge in [0.05, 0.1) is 39.1 Å². The normalized spacial score (nSPS) is 22.4. The molecule has 1 unspecified atom stereocenters. The molecule has 0 bridgehead atoms. The van der Waals surface area contributed by atoms with Crippen molar-refractivity contribution < 1.29 is 33.3 Å². The Bertz CT molecular complexity index is 1140. The summed E-state index contributed by atoms with van der Waals surface area (Å²) < 4.78 is 21.7. The van der Waals surface area contributed by atoms with Gasteiger partial charge in [0.25, 0.3) is 0 Å². The smallest absolute Gasteiger partial charge is 0.347 e. The molecular formula is C32H39NO7. The van der Waals surface area contributed by atoms with Gasteiger partial charge >= 0.3 is 11.9 Å². The van der Waals surface area contributed by atoms with Gasteiger partial charge in [-0.15, -0.1) is 0 Å². The number of hydrogen-bond donors (Lipinski definition) is 0. The third kappa shape index (κ3) is 8.10. The monoisotopic (exact) mass is 549 g/mol. The third-order valence-electron chi connectivity index (χ3n) is 7.52. The van der Waals surface area contributed by atoms with Crippen LogP contribution >= 0.6 is 0 Å². The van der Waals surface area contributed by atoms with Crippen molar-refractivity contribution in [3.05, 3.63) is 72.3 Å². The Hall–Kier alpha value is -3.33. The first-order valence-electron chi connectivity index (χ1n) is 14.0. The van der Waals surface area contributed by atoms with Crippen molar-refractivity contribution >= 4 is 17.7 Å². The summed E-state index contributed by atoms with van der Waals surface area (Å²) in [7, 11) is 1.27. The first-order valence-corrected chi connectivity index (χ1v) is 14.0. The quantitative estimate of drug-likeness (QED) is 0.285. The van der Waals surface area contributed by atoms with Gasteiger partial charge in [0.15, 0.2) is 11.9 Å². The van der Waals surface area contributed by atoms with Crippen LogP contribution in [-0.2, 0) is 39.9 Å². The van der Waals surface area contributed by atoms with E-state index in [4.69, 9.17) is 18.9 Å². The fourth-order valence-electron chi connectivity index (χ4n) is 5.51. The number of carbonyl (C=O) groups is 3. The van der Waals surface area contributed by atoms with E-state index in [0.717, 1.165) is 24.2 Å². The molecule has 8 nitrogen and oxygen atoms in total.